The van der Waals surface area contributed by atoms with Gasteiger partial charge in [0, 0.05) is 12.5 Å². The van der Waals surface area contributed by atoms with Crippen molar-refractivity contribution in [3.8, 4) is 0 Å². The van der Waals surface area contributed by atoms with Gasteiger partial charge in [-0.2, -0.15) is 0 Å². The van der Waals surface area contributed by atoms with E-state index in [4.69, 9.17) is 10.5 Å². The Morgan fingerprint density at radius 1 is 1.61 bits per heavy atom. The Hall–Kier alpha value is -1.47. The molecule has 18 heavy (non-hydrogen) atoms. The Bertz CT molecular complexity index is 460. The molecule has 0 unspecified atom stereocenters. The van der Waals surface area contributed by atoms with Crippen LogP contribution in [0.4, 0.5) is 5.13 Å². The third kappa shape index (κ3) is 3.05. The largest absolute Gasteiger partial charge is 0.378 e. The van der Waals surface area contributed by atoms with Gasteiger partial charge in [0.15, 0.2) is 5.13 Å². The van der Waals surface area contributed by atoms with Gasteiger partial charge in [0.05, 0.1) is 12.3 Å². The lowest BCUT2D eigenvalue weighted by atomic mass is 9.95. The number of carbonyl (C=O) groups excluding carboxylic acids is 2. The van der Waals surface area contributed by atoms with Crippen LogP contribution in [0, 0.1) is 5.92 Å². The fourth-order valence-corrected chi connectivity index (χ4v) is 2.56. The molecular formula is C11H15N3O3S. The van der Waals surface area contributed by atoms with Crippen LogP contribution in [0.25, 0.3) is 0 Å². The van der Waals surface area contributed by atoms with Crippen molar-refractivity contribution in [3.63, 3.8) is 0 Å². The Morgan fingerprint density at radius 3 is 3.00 bits per heavy atom. The molecule has 1 aliphatic heterocycles. The van der Waals surface area contributed by atoms with Crippen LogP contribution < -0.4 is 11.1 Å². The number of primary amides is 1. The van der Waals surface area contributed by atoms with Gasteiger partial charge < -0.3 is 15.8 Å². The number of nitrogens with zero attached hydrogens (tertiary/aromatic N) is 1. The first-order valence-corrected chi connectivity index (χ1v) is 6.56. The fourth-order valence-electron chi connectivity index (χ4n) is 1.89. The van der Waals surface area contributed by atoms with E-state index >= 15 is 0 Å². The maximum atomic E-state index is 12.0. The van der Waals surface area contributed by atoms with Crippen LogP contribution in [0.1, 0.15) is 29.4 Å². The molecular weight excluding hydrogens is 254 g/mol. The van der Waals surface area contributed by atoms with Crippen LogP contribution in [0.3, 0.4) is 0 Å². The maximum absolute atomic E-state index is 12.0. The molecule has 0 bridgehead atoms. The number of thiazole rings is 1. The first-order valence-electron chi connectivity index (χ1n) is 5.74. The highest BCUT2D eigenvalue weighted by Crippen LogP contribution is 2.23. The summed E-state index contributed by atoms with van der Waals surface area (Å²) in [6.07, 6.45) is 2.89. The second-order valence-corrected chi connectivity index (χ2v) is 5.32. The molecule has 0 spiro atoms. The van der Waals surface area contributed by atoms with Gasteiger partial charge in [0.25, 0.3) is 5.91 Å². The third-order valence-electron chi connectivity index (χ3n) is 2.83. The zero-order chi connectivity index (χ0) is 13.1. The van der Waals surface area contributed by atoms with Gasteiger partial charge in [-0.25, -0.2) is 4.98 Å². The molecule has 3 N–H and O–H groups in total. The van der Waals surface area contributed by atoms with Gasteiger partial charge >= 0.3 is 0 Å². The fraction of sp³-hybridized carbons (Fsp3) is 0.545. The lowest BCUT2D eigenvalue weighted by molar-refractivity contribution is -0.124. The molecule has 98 valence electrons. The number of rotatable bonds is 3. The van der Waals surface area contributed by atoms with Crippen LogP contribution in [-0.4, -0.2) is 29.5 Å². The average Bonchev–Trinajstić information content (AvgIpc) is 2.77. The predicted octanol–water partition coefficient (Wildman–Crippen LogP) is 0.996. The van der Waals surface area contributed by atoms with Crippen molar-refractivity contribution in [2.75, 3.05) is 11.9 Å². The van der Waals surface area contributed by atoms with E-state index in [0.29, 0.717) is 29.5 Å². The summed E-state index contributed by atoms with van der Waals surface area (Å²) in [7, 11) is 0. The Morgan fingerprint density at radius 2 is 2.39 bits per heavy atom. The van der Waals surface area contributed by atoms with Crippen LogP contribution in [0.5, 0.6) is 0 Å². The zero-order valence-electron chi connectivity index (χ0n) is 10.0. The van der Waals surface area contributed by atoms with E-state index in [9.17, 15) is 9.59 Å². The molecule has 1 aromatic rings. The molecule has 2 amide bonds. The average molecular weight is 269 g/mol. The van der Waals surface area contributed by atoms with Gasteiger partial charge in [-0.1, -0.05) is 11.3 Å². The second kappa shape index (κ2) is 5.45. The van der Waals surface area contributed by atoms with E-state index in [2.05, 4.69) is 10.3 Å². The summed E-state index contributed by atoms with van der Waals surface area (Å²) in [6.45, 7) is 2.55. The van der Waals surface area contributed by atoms with E-state index in [-0.39, 0.29) is 17.9 Å². The van der Waals surface area contributed by atoms with Crippen molar-refractivity contribution in [2.45, 2.75) is 25.9 Å². The minimum absolute atomic E-state index is 0.0605. The van der Waals surface area contributed by atoms with E-state index in [0.717, 1.165) is 11.3 Å². The van der Waals surface area contributed by atoms with Gasteiger partial charge in [-0.15, -0.1) is 0 Å². The molecule has 0 aromatic carbocycles. The van der Waals surface area contributed by atoms with Crippen molar-refractivity contribution in [2.24, 2.45) is 11.7 Å². The Labute approximate surface area is 109 Å². The maximum Gasteiger partial charge on any atom is 0.260 e. The van der Waals surface area contributed by atoms with Crippen molar-refractivity contribution in [3.05, 3.63) is 11.1 Å². The van der Waals surface area contributed by atoms with Crippen molar-refractivity contribution >= 4 is 28.3 Å². The number of carbonyl (C=O) groups is 2. The SMILES string of the molecule is C[C@H]1C[C@H](C(=O)Nc2ncc(C(N)=O)s2)CCO1. The molecule has 0 saturated carbocycles. The molecule has 1 aliphatic rings. The molecule has 6 nitrogen and oxygen atoms in total. The summed E-state index contributed by atoms with van der Waals surface area (Å²) in [5.74, 6) is -0.669. The van der Waals surface area contributed by atoms with Crippen molar-refractivity contribution < 1.29 is 14.3 Å². The number of ether oxygens (including phenoxy) is 1. The molecule has 0 aliphatic carbocycles. The van der Waals surface area contributed by atoms with Crippen LogP contribution in [-0.2, 0) is 9.53 Å². The number of hydrogen-bond donors (Lipinski definition) is 2. The summed E-state index contributed by atoms with van der Waals surface area (Å²) in [5.41, 5.74) is 5.12. The van der Waals surface area contributed by atoms with Crippen molar-refractivity contribution in [1.82, 2.24) is 4.98 Å². The zero-order valence-corrected chi connectivity index (χ0v) is 10.8. The molecule has 1 fully saturated rings. The molecule has 2 atom stereocenters. The highest BCUT2D eigenvalue weighted by molar-refractivity contribution is 7.17. The highest BCUT2D eigenvalue weighted by atomic mass is 32.1. The number of anilines is 1. The first kappa shape index (κ1) is 13.0. The molecule has 7 heteroatoms. The quantitative estimate of drug-likeness (QED) is 0.855. The summed E-state index contributed by atoms with van der Waals surface area (Å²) in [4.78, 5) is 27.2. The molecule has 1 aromatic heterocycles. The Balaban J connectivity index is 1.95. The van der Waals surface area contributed by atoms with E-state index < -0.39 is 5.91 Å². The molecule has 1 saturated heterocycles. The number of hydrogen-bond acceptors (Lipinski definition) is 5. The summed E-state index contributed by atoms with van der Waals surface area (Å²) < 4.78 is 5.39. The highest BCUT2D eigenvalue weighted by Gasteiger charge is 2.26. The molecule has 0 radical (unpaired) electrons. The Kier molecular flexibility index (Phi) is 3.93. The lowest BCUT2D eigenvalue weighted by Gasteiger charge is -2.25. The van der Waals surface area contributed by atoms with Gasteiger partial charge in [-0.3, -0.25) is 9.59 Å². The van der Waals surface area contributed by atoms with Crippen LogP contribution in [0.15, 0.2) is 6.20 Å². The number of nitrogens with one attached hydrogen (secondary N) is 1. The predicted molar refractivity (Wildman–Crippen MR) is 67.4 cm³/mol. The monoisotopic (exact) mass is 269 g/mol. The summed E-state index contributed by atoms with van der Waals surface area (Å²) in [5, 5.41) is 3.12. The summed E-state index contributed by atoms with van der Waals surface area (Å²) >= 11 is 1.09. The number of nitrogens with two attached hydrogens (primary N) is 1. The number of amides is 2. The van der Waals surface area contributed by atoms with E-state index in [1.165, 1.54) is 6.20 Å². The van der Waals surface area contributed by atoms with Gasteiger partial charge in [0.1, 0.15) is 4.88 Å². The smallest absolute Gasteiger partial charge is 0.260 e. The summed E-state index contributed by atoms with van der Waals surface area (Å²) in [6, 6.07) is 0. The minimum atomic E-state index is -0.535. The van der Waals surface area contributed by atoms with E-state index in [1.807, 2.05) is 6.92 Å². The van der Waals surface area contributed by atoms with Crippen LogP contribution >= 0.6 is 11.3 Å². The third-order valence-corrected chi connectivity index (χ3v) is 3.76. The standard InChI is InChI=1S/C11H15N3O3S/c1-6-4-7(2-3-17-6)10(16)14-11-13-5-8(18-11)9(12)15/h5-7H,2-4H2,1H3,(H2,12,15)(H,13,14,16)/t6-,7+/m0/s1. The second-order valence-electron chi connectivity index (χ2n) is 4.29. The van der Waals surface area contributed by atoms with Gasteiger partial charge in [-0.05, 0) is 19.8 Å². The van der Waals surface area contributed by atoms with Crippen LogP contribution in [0.2, 0.25) is 0 Å². The lowest BCUT2D eigenvalue weighted by Crippen LogP contribution is -2.32. The van der Waals surface area contributed by atoms with Crippen molar-refractivity contribution in [1.29, 1.82) is 0 Å². The topological polar surface area (TPSA) is 94.3 Å². The first-order chi connectivity index (χ1) is 8.56. The van der Waals surface area contributed by atoms with E-state index in [1.54, 1.807) is 0 Å². The molecule has 2 rings (SSSR count). The normalized spacial score (nSPS) is 23.6. The van der Waals surface area contributed by atoms with Gasteiger partial charge in [0.2, 0.25) is 5.91 Å². The molecule has 2 heterocycles. The number of aromatic nitrogens is 1. The minimum Gasteiger partial charge on any atom is -0.378 e.